The zero-order valence-corrected chi connectivity index (χ0v) is 22.8. The van der Waals surface area contributed by atoms with Crippen molar-refractivity contribution in [3.63, 3.8) is 0 Å². The fourth-order valence-corrected chi connectivity index (χ4v) is 9.49. The van der Waals surface area contributed by atoms with Gasteiger partial charge in [0, 0.05) is 25.2 Å². The number of carbonyl (C=O) groups is 2. The number of rotatable bonds is 6. The van der Waals surface area contributed by atoms with Crippen LogP contribution < -0.4 is 0 Å². The highest BCUT2D eigenvalue weighted by molar-refractivity contribution is 5.83. The molecule has 0 N–H and O–H groups in total. The van der Waals surface area contributed by atoms with Gasteiger partial charge < -0.3 is 4.74 Å². The molecule has 0 bridgehead atoms. The van der Waals surface area contributed by atoms with E-state index in [4.69, 9.17) is 4.74 Å². The zero-order chi connectivity index (χ0) is 25.1. The number of hydrogen-bond acceptors (Lipinski definition) is 3. The summed E-state index contributed by atoms with van der Waals surface area (Å²) in [7, 11) is 0. The molecule has 10 atom stereocenters. The van der Waals surface area contributed by atoms with Gasteiger partial charge in [0.25, 0.3) is 0 Å². The molecule has 194 valence electrons. The Hall–Kier alpha value is -0.930. The molecule has 0 aromatic rings. The quantitative estimate of drug-likeness (QED) is 0.372. The number of halogens is 1. The van der Waals surface area contributed by atoms with Gasteiger partial charge in [-0.15, -0.1) is 0 Å². The molecule has 4 rings (SSSR count). The predicted octanol–water partition coefficient (Wildman–Crippen LogP) is 7.56. The van der Waals surface area contributed by atoms with Gasteiger partial charge in [-0.2, -0.15) is 0 Å². The van der Waals surface area contributed by atoms with Crippen LogP contribution in [0.4, 0.5) is 4.39 Å². The molecule has 0 aliphatic heterocycles. The van der Waals surface area contributed by atoms with Crippen LogP contribution in [-0.4, -0.2) is 24.0 Å². The van der Waals surface area contributed by atoms with Crippen molar-refractivity contribution in [3.8, 4) is 0 Å². The average molecular weight is 477 g/mol. The van der Waals surface area contributed by atoms with Gasteiger partial charge in [-0.05, 0) is 78.4 Å². The maximum Gasteiger partial charge on any atom is 0.302 e. The van der Waals surface area contributed by atoms with Crippen molar-refractivity contribution in [1.82, 2.24) is 0 Å². The lowest BCUT2D eigenvalue weighted by molar-refractivity contribution is -0.173. The second-order valence-corrected chi connectivity index (χ2v) is 13.9. The number of esters is 1. The number of hydrogen-bond donors (Lipinski definition) is 0. The first-order chi connectivity index (χ1) is 15.8. The summed E-state index contributed by atoms with van der Waals surface area (Å²) >= 11 is 0. The fraction of sp³-hybridized carbons (Fsp3) is 0.933. The van der Waals surface area contributed by atoms with Gasteiger partial charge in [0.1, 0.15) is 18.1 Å². The molecule has 0 heterocycles. The minimum atomic E-state index is -0.878. The highest BCUT2D eigenvalue weighted by Gasteiger charge is 2.69. The van der Waals surface area contributed by atoms with E-state index in [0.717, 1.165) is 38.5 Å². The third-order valence-electron chi connectivity index (χ3n) is 11.8. The van der Waals surface area contributed by atoms with Crippen LogP contribution in [0.2, 0.25) is 0 Å². The van der Waals surface area contributed by atoms with E-state index in [-0.39, 0.29) is 52.0 Å². The summed E-state index contributed by atoms with van der Waals surface area (Å²) in [5.41, 5.74) is -0.110. The van der Waals surface area contributed by atoms with E-state index in [9.17, 15) is 9.59 Å². The monoisotopic (exact) mass is 476 g/mol. The molecule has 0 saturated heterocycles. The predicted molar refractivity (Wildman–Crippen MR) is 134 cm³/mol. The Morgan fingerprint density at radius 1 is 1.12 bits per heavy atom. The average Bonchev–Trinajstić information content (AvgIpc) is 2.95. The lowest BCUT2D eigenvalue weighted by atomic mass is 9.42. The smallest absolute Gasteiger partial charge is 0.302 e. The molecule has 0 spiro atoms. The maximum absolute atomic E-state index is 16.1. The van der Waals surface area contributed by atoms with Crippen molar-refractivity contribution in [2.45, 2.75) is 125 Å². The van der Waals surface area contributed by atoms with Gasteiger partial charge in [0.05, 0.1) is 0 Å². The topological polar surface area (TPSA) is 43.4 Å². The van der Waals surface area contributed by atoms with E-state index in [1.54, 1.807) is 0 Å². The largest absolute Gasteiger partial charge is 0.463 e. The maximum atomic E-state index is 16.1. The van der Waals surface area contributed by atoms with Crippen LogP contribution in [0.3, 0.4) is 0 Å². The summed E-state index contributed by atoms with van der Waals surface area (Å²) in [6.07, 6.45) is 8.52. The second-order valence-electron chi connectivity index (χ2n) is 13.9. The summed E-state index contributed by atoms with van der Waals surface area (Å²) in [5.74, 6) is 1.50. The van der Waals surface area contributed by atoms with E-state index in [1.807, 2.05) is 0 Å². The Kier molecular flexibility index (Phi) is 7.06. The SMILES string of the molecule is CC(=O)O[C@H]1CC[C@@]2(C)[C@@H](CC(=O)[C@H]3[C@@H]4[C@@H](F)C[C@](C)([C@H](C)CCCC(C)C)[C@@]4(C)CC[C@@H]32)C1. The Morgan fingerprint density at radius 3 is 2.47 bits per heavy atom. The summed E-state index contributed by atoms with van der Waals surface area (Å²) in [5, 5.41) is 0. The van der Waals surface area contributed by atoms with Crippen LogP contribution in [-0.2, 0) is 14.3 Å². The molecule has 0 radical (unpaired) electrons. The van der Waals surface area contributed by atoms with Crippen molar-refractivity contribution in [1.29, 1.82) is 0 Å². The molecule has 0 aromatic carbocycles. The normalized spacial score (nSPS) is 47.0. The van der Waals surface area contributed by atoms with E-state index >= 15 is 4.39 Å². The van der Waals surface area contributed by atoms with Gasteiger partial charge in [-0.25, -0.2) is 4.39 Å². The Labute approximate surface area is 207 Å². The first-order valence-electron chi connectivity index (χ1n) is 14.2. The molecular formula is C30H49FO3. The minimum absolute atomic E-state index is 0.0515. The molecule has 4 fully saturated rings. The first-order valence-corrected chi connectivity index (χ1v) is 14.2. The van der Waals surface area contributed by atoms with Crippen LogP contribution in [0.25, 0.3) is 0 Å². The molecule has 4 aliphatic rings. The molecule has 3 nitrogen and oxygen atoms in total. The van der Waals surface area contributed by atoms with Gasteiger partial charge in [0.15, 0.2) is 0 Å². The molecule has 0 unspecified atom stereocenters. The number of ether oxygens (including phenoxy) is 1. The number of fused-ring (bicyclic) bond motifs is 5. The molecule has 4 saturated carbocycles. The van der Waals surface area contributed by atoms with Gasteiger partial charge >= 0.3 is 5.97 Å². The zero-order valence-electron chi connectivity index (χ0n) is 22.8. The van der Waals surface area contributed by atoms with Crippen molar-refractivity contribution >= 4 is 11.8 Å². The molecular weight excluding hydrogens is 427 g/mol. The highest BCUT2D eigenvalue weighted by Crippen LogP contribution is 2.72. The lowest BCUT2D eigenvalue weighted by Crippen LogP contribution is -2.59. The number of ketones is 1. The highest BCUT2D eigenvalue weighted by atomic mass is 19.1. The third-order valence-corrected chi connectivity index (χ3v) is 11.8. The number of alkyl halides is 1. The van der Waals surface area contributed by atoms with Crippen LogP contribution in [0.5, 0.6) is 0 Å². The van der Waals surface area contributed by atoms with E-state index < -0.39 is 6.17 Å². The van der Waals surface area contributed by atoms with Crippen molar-refractivity contribution in [2.75, 3.05) is 0 Å². The summed E-state index contributed by atoms with van der Waals surface area (Å²) in [4.78, 5) is 25.3. The summed E-state index contributed by atoms with van der Waals surface area (Å²) < 4.78 is 21.6. The van der Waals surface area contributed by atoms with Crippen LogP contribution in [0.1, 0.15) is 113 Å². The number of carbonyl (C=O) groups excluding carboxylic acids is 2. The first kappa shape index (κ1) is 26.1. The van der Waals surface area contributed by atoms with Gasteiger partial charge in [0.2, 0.25) is 0 Å². The van der Waals surface area contributed by atoms with Gasteiger partial charge in [-0.3, -0.25) is 9.59 Å². The van der Waals surface area contributed by atoms with Gasteiger partial charge in [-0.1, -0.05) is 60.8 Å². The summed E-state index contributed by atoms with van der Waals surface area (Å²) in [6.45, 7) is 15.4. The molecule has 0 amide bonds. The van der Waals surface area contributed by atoms with Crippen molar-refractivity contribution in [3.05, 3.63) is 0 Å². The second kappa shape index (κ2) is 9.18. The molecule has 34 heavy (non-hydrogen) atoms. The van der Waals surface area contributed by atoms with Crippen LogP contribution >= 0.6 is 0 Å². The lowest BCUT2D eigenvalue weighted by Gasteiger charge is -2.61. The Morgan fingerprint density at radius 2 is 1.82 bits per heavy atom. The molecule has 4 aliphatic carbocycles. The fourth-order valence-electron chi connectivity index (χ4n) is 9.49. The molecule has 0 aromatic heterocycles. The van der Waals surface area contributed by atoms with Crippen molar-refractivity contribution < 1.29 is 18.7 Å². The Bertz CT molecular complexity index is 794. The van der Waals surface area contributed by atoms with Crippen LogP contribution in [0, 0.1) is 51.8 Å². The standard InChI is InChI=1S/C30H49FO3/c1-18(2)9-8-10-19(3)30(7)17-24(31)27-26-23(12-14-29(27,30)6)28(5)13-11-22(34-20(4)32)15-21(28)16-25(26)33/h18-19,21-24,26-27H,8-17H2,1-7H3/t19-,21-,22+,23+,24+,26+,27+,28+,29+,30-/m1/s1. The number of Topliss-reactive ketones (excluding diaryl/α,β-unsaturated/α-hetero) is 1. The summed E-state index contributed by atoms with van der Waals surface area (Å²) in [6, 6.07) is 0. The van der Waals surface area contributed by atoms with E-state index in [2.05, 4.69) is 41.5 Å². The molecule has 4 heteroatoms. The van der Waals surface area contributed by atoms with Crippen LogP contribution in [0.15, 0.2) is 0 Å². The Balaban J connectivity index is 1.57. The third kappa shape index (κ3) is 4.07. The van der Waals surface area contributed by atoms with Crippen molar-refractivity contribution in [2.24, 2.45) is 51.8 Å². The van der Waals surface area contributed by atoms with E-state index in [0.29, 0.717) is 30.5 Å². The van der Waals surface area contributed by atoms with E-state index in [1.165, 1.54) is 19.8 Å². The minimum Gasteiger partial charge on any atom is -0.463 e.